The van der Waals surface area contributed by atoms with Crippen molar-refractivity contribution in [2.75, 3.05) is 26.2 Å². The van der Waals surface area contributed by atoms with Crippen LogP contribution < -0.4 is 5.32 Å². The minimum atomic E-state index is -0.369. The van der Waals surface area contributed by atoms with Gasteiger partial charge in [-0.1, -0.05) is 37.3 Å². The van der Waals surface area contributed by atoms with Gasteiger partial charge in [-0.05, 0) is 37.9 Å². The van der Waals surface area contributed by atoms with Gasteiger partial charge in [0.1, 0.15) is 0 Å². The number of likely N-dealkylation sites (tertiary alicyclic amines) is 1. The fourth-order valence-corrected chi connectivity index (χ4v) is 2.76. The van der Waals surface area contributed by atoms with Crippen LogP contribution in [-0.2, 0) is 0 Å². The molecule has 3 nitrogen and oxygen atoms in total. The maximum Gasteiger partial charge on any atom is 0.0916 e. The Bertz CT molecular complexity index is 355. The molecule has 1 fully saturated rings. The summed E-state index contributed by atoms with van der Waals surface area (Å²) in [6, 6.07) is 10.6. The Balaban J connectivity index is 1.81. The third-order valence-electron chi connectivity index (χ3n) is 3.80. The predicted molar refractivity (Wildman–Crippen MR) is 79.2 cm³/mol. The Labute approximate surface area is 116 Å². The highest BCUT2D eigenvalue weighted by Crippen LogP contribution is 2.17. The quantitative estimate of drug-likeness (QED) is 0.825. The third kappa shape index (κ3) is 4.60. The Morgan fingerprint density at radius 2 is 2.16 bits per heavy atom. The Morgan fingerprint density at radius 1 is 1.37 bits per heavy atom. The minimum Gasteiger partial charge on any atom is -0.387 e. The average Bonchev–Trinajstić information content (AvgIpc) is 2.46. The molecule has 0 aliphatic carbocycles. The minimum absolute atomic E-state index is 0.369. The van der Waals surface area contributed by atoms with E-state index < -0.39 is 0 Å². The van der Waals surface area contributed by atoms with E-state index in [0.29, 0.717) is 6.04 Å². The Kier molecular flexibility index (Phi) is 5.83. The number of rotatable bonds is 6. The summed E-state index contributed by atoms with van der Waals surface area (Å²) in [6.45, 7) is 6.21. The highest BCUT2D eigenvalue weighted by molar-refractivity contribution is 5.17. The van der Waals surface area contributed by atoms with Crippen molar-refractivity contribution in [3.05, 3.63) is 35.9 Å². The van der Waals surface area contributed by atoms with Crippen molar-refractivity contribution in [3.63, 3.8) is 0 Å². The molecule has 2 unspecified atom stereocenters. The summed E-state index contributed by atoms with van der Waals surface area (Å²) in [5.74, 6) is 0. The molecule has 106 valence electrons. The Hall–Kier alpha value is -0.900. The van der Waals surface area contributed by atoms with Gasteiger partial charge in [-0.25, -0.2) is 0 Å². The van der Waals surface area contributed by atoms with Crippen LogP contribution in [0.2, 0.25) is 0 Å². The number of hydrogen-bond donors (Lipinski definition) is 2. The average molecular weight is 262 g/mol. The van der Waals surface area contributed by atoms with E-state index in [9.17, 15) is 5.11 Å². The van der Waals surface area contributed by atoms with Gasteiger partial charge in [0.25, 0.3) is 0 Å². The monoisotopic (exact) mass is 262 g/mol. The number of nitrogens with one attached hydrogen (secondary N) is 1. The lowest BCUT2D eigenvalue weighted by Crippen LogP contribution is -2.47. The van der Waals surface area contributed by atoms with Gasteiger partial charge in [-0.2, -0.15) is 0 Å². The van der Waals surface area contributed by atoms with Gasteiger partial charge in [-0.3, -0.25) is 4.90 Å². The van der Waals surface area contributed by atoms with Crippen LogP contribution in [-0.4, -0.2) is 42.2 Å². The number of benzene rings is 1. The zero-order valence-electron chi connectivity index (χ0n) is 11.9. The summed E-state index contributed by atoms with van der Waals surface area (Å²) in [5.41, 5.74) is 1.02. The van der Waals surface area contributed by atoms with Gasteiger partial charge in [0.05, 0.1) is 6.10 Å². The fourth-order valence-electron chi connectivity index (χ4n) is 2.76. The lowest BCUT2D eigenvalue weighted by molar-refractivity contribution is 0.0913. The van der Waals surface area contributed by atoms with Crippen molar-refractivity contribution in [2.45, 2.75) is 38.3 Å². The summed E-state index contributed by atoms with van der Waals surface area (Å²) in [6.07, 6.45) is 3.30. The van der Waals surface area contributed by atoms with E-state index in [4.69, 9.17) is 0 Å². The van der Waals surface area contributed by atoms with Crippen LogP contribution in [0.4, 0.5) is 0 Å². The van der Waals surface area contributed by atoms with E-state index in [2.05, 4.69) is 17.1 Å². The second kappa shape index (κ2) is 7.63. The van der Waals surface area contributed by atoms with Crippen LogP contribution in [0, 0.1) is 0 Å². The first-order valence-electron chi connectivity index (χ1n) is 7.48. The number of nitrogens with zero attached hydrogens (tertiary/aromatic N) is 1. The lowest BCUT2D eigenvalue weighted by Gasteiger charge is -2.34. The van der Waals surface area contributed by atoms with Crippen molar-refractivity contribution in [2.24, 2.45) is 0 Å². The van der Waals surface area contributed by atoms with Crippen molar-refractivity contribution in [1.29, 1.82) is 0 Å². The first-order valence-corrected chi connectivity index (χ1v) is 7.48. The van der Waals surface area contributed by atoms with Crippen LogP contribution in [0.1, 0.15) is 37.9 Å². The number of aliphatic hydroxyl groups excluding tert-OH is 1. The van der Waals surface area contributed by atoms with E-state index in [-0.39, 0.29) is 6.10 Å². The predicted octanol–water partition coefficient (Wildman–Crippen LogP) is 2.18. The standard InChI is InChI=1S/C16H26N2O/c1-2-10-17-15-9-6-11-18(12-15)13-16(19)14-7-4-3-5-8-14/h3-5,7-8,15-17,19H,2,6,9-13H2,1H3. The molecule has 0 bridgehead atoms. The molecule has 0 amide bonds. The number of piperidine rings is 1. The number of hydrogen-bond acceptors (Lipinski definition) is 3. The fraction of sp³-hybridized carbons (Fsp3) is 0.625. The van der Waals surface area contributed by atoms with Crippen molar-refractivity contribution >= 4 is 0 Å². The smallest absolute Gasteiger partial charge is 0.0916 e. The van der Waals surface area contributed by atoms with Crippen LogP contribution in [0.25, 0.3) is 0 Å². The van der Waals surface area contributed by atoms with Crippen LogP contribution in [0.5, 0.6) is 0 Å². The summed E-state index contributed by atoms with van der Waals surface area (Å²) >= 11 is 0. The van der Waals surface area contributed by atoms with Gasteiger partial charge < -0.3 is 10.4 Å². The molecule has 2 rings (SSSR count). The molecule has 1 aliphatic rings. The number of aliphatic hydroxyl groups is 1. The van der Waals surface area contributed by atoms with Crippen LogP contribution in [0.15, 0.2) is 30.3 Å². The van der Waals surface area contributed by atoms with Crippen molar-refractivity contribution < 1.29 is 5.11 Å². The van der Waals surface area contributed by atoms with E-state index in [1.807, 2.05) is 30.3 Å². The van der Waals surface area contributed by atoms with E-state index in [1.165, 1.54) is 19.3 Å². The molecule has 1 aromatic rings. The van der Waals surface area contributed by atoms with Gasteiger partial charge in [-0.15, -0.1) is 0 Å². The molecule has 0 aromatic heterocycles. The second-order valence-electron chi connectivity index (χ2n) is 5.48. The molecule has 1 aliphatic heterocycles. The first kappa shape index (κ1) is 14.5. The summed E-state index contributed by atoms with van der Waals surface area (Å²) in [4.78, 5) is 2.38. The van der Waals surface area contributed by atoms with Gasteiger partial charge >= 0.3 is 0 Å². The first-order chi connectivity index (χ1) is 9.29. The molecule has 1 saturated heterocycles. The summed E-state index contributed by atoms with van der Waals surface area (Å²) in [7, 11) is 0. The molecule has 0 radical (unpaired) electrons. The number of β-amino-alcohol motifs (C(OH)–C–C–N with tert-alkyl or cyclic N) is 1. The van der Waals surface area contributed by atoms with Crippen molar-refractivity contribution in [3.8, 4) is 0 Å². The molecule has 2 atom stereocenters. The maximum atomic E-state index is 10.3. The molecular weight excluding hydrogens is 236 g/mol. The molecule has 3 heteroatoms. The third-order valence-corrected chi connectivity index (χ3v) is 3.80. The second-order valence-corrected chi connectivity index (χ2v) is 5.48. The Morgan fingerprint density at radius 3 is 2.89 bits per heavy atom. The zero-order valence-corrected chi connectivity index (χ0v) is 11.9. The summed E-state index contributed by atoms with van der Waals surface area (Å²) < 4.78 is 0. The van der Waals surface area contributed by atoms with Gasteiger partial charge in [0.2, 0.25) is 0 Å². The molecule has 2 N–H and O–H groups in total. The molecular formula is C16H26N2O. The zero-order chi connectivity index (χ0) is 13.5. The largest absolute Gasteiger partial charge is 0.387 e. The van der Waals surface area contributed by atoms with Gasteiger partial charge in [0, 0.05) is 19.1 Å². The van der Waals surface area contributed by atoms with E-state index >= 15 is 0 Å². The molecule has 1 heterocycles. The molecule has 19 heavy (non-hydrogen) atoms. The SMILES string of the molecule is CCCNC1CCCN(CC(O)c2ccccc2)C1. The topological polar surface area (TPSA) is 35.5 Å². The lowest BCUT2D eigenvalue weighted by atomic mass is 10.0. The molecule has 1 aromatic carbocycles. The normalized spacial score (nSPS) is 22.3. The summed E-state index contributed by atoms with van der Waals surface area (Å²) in [5, 5.41) is 13.9. The van der Waals surface area contributed by atoms with E-state index in [1.54, 1.807) is 0 Å². The van der Waals surface area contributed by atoms with Crippen LogP contribution in [0.3, 0.4) is 0 Å². The van der Waals surface area contributed by atoms with Crippen molar-refractivity contribution in [1.82, 2.24) is 10.2 Å². The van der Waals surface area contributed by atoms with E-state index in [0.717, 1.165) is 31.7 Å². The highest BCUT2D eigenvalue weighted by atomic mass is 16.3. The molecule has 0 spiro atoms. The van der Waals surface area contributed by atoms with Gasteiger partial charge in [0.15, 0.2) is 0 Å². The van der Waals surface area contributed by atoms with Crippen LogP contribution >= 0.6 is 0 Å². The maximum absolute atomic E-state index is 10.3. The molecule has 0 saturated carbocycles. The highest BCUT2D eigenvalue weighted by Gasteiger charge is 2.21.